The molecular weight excluding hydrogens is 408 g/mol. The number of amides is 3. The molecule has 0 saturated heterocycles. The summed E-state index contributed by atoms with van der Waals surface area (Å²) in [6.07, 6.45) is 0. The quantitative estimate of drug-likeness (QED) is 0.538. The van der Waals surface area contributed by atoms with E-state index in [0.29, 0.717) is 17.2 Å². The first-order valence-electron chi connectivity index (χ1n) is 8.85. The van der Waals surface area contributed by atoms with Crippen LogP contribution < -0.4 is 16.0 Å². The standard InChI is InChI=1S/C20H20N4O3S2/c1-12-5-3-4-6-15(12)19(27)22-10-18(26)24-20-23-16(11-28-20)17-8-7-14(29-17)9-21-13(2)25/h3-8,11H,9-10H2,1-2H3,(H,21,25)(H,22,27)(H,23,24,26). The van der Waals surface area contributed by atoms with E-state index in [1.54, 1.807) is 12.1 Å². The van der Waals surface area contributed by atoms with Crippen LogP contribution in [0.2, 0.25) is 0 Å². The number of aromatic nitrogens is 1. The SMILES string of the molecule is CC(=O)NCc1ccc(-c2csc(NC(=O)CNC(=O)c3ccccc3C)n2)s1. The Morgan fingerprint density at radius 1 is 1.07 bits per heavy atom. The number of nitrogens with zero attached hydrogens (tertiary/aromatic N) is 1. The number of benzene rings is 1. The van der Waals surface area contributed by atoms with E-state index in [-0.39, 0.29) is 24.3 Å². The van der Waals surface area contributed by atoms with Crippen LogP contribution in [0.3, 0.4) is 0 Å². The Bertz CT molecular complexity index is 1040. The predicted octanol–water partition coefficient (Wildman–Crippen LogP) is 3.18. The van der Waals surface area contributed by atoms with Crippen molar-refractivity contribution in [2.24, 2.45) is 0 Å². The van der Waals surface area contributed by atoms with Crippen molar-refractivity contribution in [2.45, 2.75) is 20.4 Å². The molecule has 0 aliphatic carbocycles. The van der Waals surface area contributed by atoms with Crippen molar-refractivity contribution in [3.8, 4) is 10.6 Å². The van der Waals surface area contributed by atoms with Crippen LogP contribution in [0.4, 0.5) is 5.13 Å². The maximum atomic E-state index is 12.2. The molecule has 3 aromatic rings. The van der Waals surface area contributed by atoms with Gasteiger partial charge in [0.05, 0.1) is 23.7 Å². The fourth-order valence-electron chi connectivity index (χ4n) is 2.51. The van der Waals surface area contributed by atoms with Crippen molar-refractivity contribution in [1.29, 1.82) is 0 Å². The van der Waals surface area contributed by atoms with Gasteiger partial charge in [0.15, 0.2) is 5.13 Å². The average Bonchev–Trinajstić information content (AvgIpc) is 3.34. The Labute approximate surface area is 176 Å². The highest BCUT2D eigenvalue weighted by atomic mass is 32.1. The van der Waals surface area contributed by atoms with Gasteiger partial charge < -0.3 is 16.0 Å². The van der Waals surface area contributed by atoms with Gasteiger partial charge in [0.25, 0.3) is 5.91 Å². The van der Waals surface area contributed by atoms with Crippen molar-refractivity contribution < 1.29 is 14.4 Å². The van der Waals surface area contributed by atoms with E-state index in [1.165, 1.54) is 29.6 Å². The Balaban J connectivity index is 1.53. The molecule has 0 unspecified atom stereocenters. The topological polar surface area (TPSA) is 100 Å². The van der Waals surface area contributed by atoms with Gasteiger partial charge in [0.2, 0.25) is 11.8 Å². The first kappa shape index (κ1) is 20.7. The number of thiazole rings is 1. The molecule has 0 aliphatic rings. The molecule has 1 aromatic carbocycles. The molecule has 29 heavy (non-hydrogen) atoms. The molecule has 0 aliphatic heterocycles. The van der Waals surface area contributed by atoms with Gasteiger partial charge in [-0.3, -0.25) is 14.4 Å². The third-order valence-corrected chi connectivity index (χ3v) is 5.84. The molecule has 3 amide bonds. The van der Waals surface area contributed by atoms with Gasteiger partial charge in [-0.25, -0.2) is 4.98 Å². The summed E-state index contributed by atoms with van der Waals surface area (Å²) < 4.78 is 0. The summed E-state index contributed by atoms with van der Waals surface area (Å²) >= 11 is 2.85. The fraction of sp³-hybridized carbons (Fsp3) is 0.200. The average molecular weight is 429 g/mol. The first-order chi connectivity index (χ1) is 13.9. The summed E-state index contributed by atoms with van der Waals surface area (Å²) in [5, 5.41) is 10.4. The Hall–Kier alpha value is -3.04. The molecule has 0 atom stereocenters. The Morgan fingerprint density at radius 3 is 2.62 bits per heavy atom. The summed E-state index contributed by atoms with van der Waals surface area (Å²) in [5.41, 5.74) is 2.15. The minimum atomic E-state index is -0.342. The molecule has 0 spiro atoms. The number of carbonyl (C=O) groups is 3. The van der Waals surface area contributed by atoms with E-state index in [9.17, 15) is 14.4 Å². The van der Waals surface area contributed by atoms with E-state index >= 15 is 0 Å². The number of rotatable bonds is 7. The van der Waals surface area contributed by atoms with Crippen molar-refractivity contribution in [3.05, 3.63) is 57.8 Å². The van der Waals surface area contributed by atoms with Gasteiger partial charge in [0.1, 0.15) is 0 Å². The molecule has 2 heterocycles. The van der Waals surface area contributed by atoms with Crippen LogP contribution >= 0.6 is 22.7 Å². The van der Waals surface area contributed by atoms with Crippen molar-refractivity contribution >= 4 is 45.5 Å². The second-order valence-electron chi connectivity index (χ2n) is 6.26. The minimum Gasteiger partial charge on any atom is -0.351 e. The lowest BCUT2D eigenvalue weighted by atomic mass is 10.1. The van der Waals surface area contributed by atoms with Gasteiger partial charge in [-0.15, -0.1) is 22.7 Å². The number of anilines is 1. The smallest absolute Gasteiger partial charge is 0.251 e. The van der Waals surface area contributed by atoms with Crippen molar-refractivity contribution in [1.82, 2.24) is 15.6 Å². The maximum Gasteiger partial charge on any atom is 0.251 e. The van der Waals surface area contributed by atoms with Gasteiger partial charge in [-0.1, -0.05) is 18.2 Å². The summed E-state index contributed by atoms with van der Waals surface area (Å²) in [6.45, 7) is 3.67. The summed E-state index contributed by atoms with van der Waals surface area (Å²) in [6, 6.07) is 11.1. The second kappa shape index (κ2) is 9.44. The van der Waals surface area contributed by atoms with E-state index in [0.717, 1.165) is 21.0 Å². The first-order valence-corrected chi connectivity index (χ1v) is 10.5. The third kappa shape index (κ3) is 5.72. The monoisotopic (exact) mass is 428 g/mol. The summed E-state index contributed by atoms with van der Waals surface area (Å²) in [7, 11) is 0. The lowest BCUT2D eigenvalue weighted by molar-refractivity contribution is -0.119. The number of hydrogen-bond donors (Lipinski definition) is 3. The van der Waals surface area contributed by atoms with E-state index in [1.807, 2.05) is 36.6 Å². The van der Waals surface area contributed by atoms with Crippen LogP contribution in [0.5, 0.6) is 0 Å². The van der Waals surface area contributed by atoms with Gasteiger partial charge in [0, 0.05) is 22.7 Å². The van der Waals surface area contributed by atoms with Gasteiger partial charge in [-0.2, -0.15) is 0 Å². The molecule has 0 radical (unpaired) electrons. The lowest BCUT2D eigenvalue weighted by Gasteiger charge is -2.07. The highest BCUT2D eigenvalue weighted by Crippen LogP contribution is 2.30. The Kier molecular flexibility index (Phi) is 6.73. The number of thiophene rings is 1. The van der Waals surface area contributed by atoms with Crippen molar-refractivity contribution in [2.75, 3.05) is 11.9 Å². The molecule has 7 nitrogen and oxygen atoms in total. The lowest BCUT2D eigenvalue weighted by Crippen LogP contribution is -2.33. The molecule has 3 rings (SSSR count). The van der Waals surface area contributed by atoms with Crippen LogP contribution in [-0.2, 0) is 16.1 Å². The molecule has 0 saturated carbocycles. The molecule has 0 fully saturated rings. The van der Waals surface area contributed by atoms with E-state index in [2.05, 4.69) is 20.9 Å². The normalized spacial score (nSPS) is 10.4. The number of carbonyl (C=O) groups excluding carboxylic acids is 3. The van der Waals surface area contributed by atoms with Gasteiger partial charge >= 0.3 is 0 Å². The zero-order valence-electron chi connectivity index (χ0n) is 15.9. The van der Waals surface area contributed by atoms with Gasteiger partial charge in [-0.05, 0) is 30.7 Å². The predicted molar refractivity (Wildman–Crippen MR) is 115 cm³/mol. The molecule has 2 aromatic heterocycles. The Morgan fingerprint density at radius 2 is 1.86 bits per heavy atom. The van der Waals surface area contributed by atoms with Crippen molar-refractivity contribution in [3.63, 3.8) is 0 Å². The van der Waals surface area contributed by atoms with E-state index in [4.69, 9.17) is 0 Å². The van der Waals surface area contributed by atoms with Crippen LogP contribution in [0, 0.1) is 6.92 Å². The molecular formula is C20H20N4O3S2. The highest BCUT2D eigenvalue weighted by molar-refractivity contribution is 7.17. The molecule has 3 N–H and O–H groups in total. The largest absolute Gasteiger partial charge is 0.351 e. The third-order valence-electron chi connectivity index (χ3n) is 3.98. The van der Waals surface area contributed by atoms with E-state index < -0.39 is 0 Å². The number of hydrogen-bond acceptors (Lipinski definition) is 6. The van der Waals surface area contributed by atoms with Crippen LogP contribution in [0.1, 0.15) is 27.7 Å². The number of nitrogens with one attached hydrogen (secondary N) is 3. The summed E-state index contributed by atoms with van der Waals surface area (Å²) in [4.78, 5) is 41.7. The maximum absolute atomic E-state index is 12.2. The van der Waals surface area contributed by atoms with Crippen LogP contribution in [0.15, 0.2) is 41.8 Å². The zero-order chi connectivity index (χ0) is 20.8. The van der Waals surface area contributed by atoms with Crippen LogP contribution in [-0.4, -0.2) is 29.3 Å². The second-order valence-corrected chi connectivity index (χ2v) is 8.29. The van der Waals surface area contributed by atoms with Crippen LogP contribution in [0.25, 0.3) is 10.6 Å². The fourth-order valence-corrected chi connectivity index (χ4v) is 4.22. The highest BCUT2D eigenvalue weighted by Gasteiger charge is 2.13. The molecule has 9 heteroatoms. The number of aryl methyl sites for hydroxylation is 1. The molecule has 150 valence electrons. The summed E-state index contributed by atoms with van der Waals surface area (Å²) in [5.74, 6) is -0.707. The zero-order valence-corrected chi connectivity index (χ0v) is 17.6. The molecule has 0 bridgehead atoms. The minimum absolute atomic E-state index is 0.0758.